The summed E-state index contributed by atoms with van der Waals surface area (Å²) in [4.78, 5) is 12.9. The van der Waals surface area contributed by atoms with Crippen LogP contribution in [0.25, 0.3) is 6.08 Å². The molecule has 3 aromatic rings. The van der Waals surface area contributed by atoms with Crippen LogP contribution < -0.4 is 9.47 Å². The number of ether oxygens (including phenoxy) is 2. The van der Waals surface area contributed by atoms with Gasteiger partial charge in [0.15, 0.2) is 17.3 Å². The van der Waals surface area contributed by atoms with E-state index in [4.69, 9.17) is 9.47 Å². The molecule has 0 aliphatic carbocycles. The van der Waals surface area contributed by atoms with E-state index in [1.165, 1.54) is 22.5 Å². The number of carbonyl (C=O) groups excluding carboxylic acids is 1. The zero-order chi connectivity index (χ0) is 24.0. The van der Waals surface area contributed by atoms with Gasteiger partial charge in [-0.15, -0.1) is 0 Å². The average Bonchev–Trinajstić information content (AvgIpc) is 3.43. The highest BCUT2D eigenvalue weighted by Crippen LogP contribution is 2.29. The van der Waals surface area contributed by atoms with Gasteiger partial charge >= 0.3 is 0 Å². The number of benzene rings is 3. The topological polar surface area (TPSA) is 72.9 Å². The Labute approximate surface area is 200 Å². The Hall–Kier alpha value is -3.42. The van der Waals surface area contributed by atoms with Gasteiger partial charge in [-0.2, -0.15) is 4.31 Å². The summed E-state index contributed by atoms with van der Waals surface area (Å²) in [6, 6.07) is 21.4. The van der Waals surface area contributed by atoms with Crippen molar-refractivity contribution in [2.24, 2.45) is 0 Å². The van der Waals surface area contributed by atoms with Crippen molar-refractivity contribution in [3.8, 4) is 11.5 Å². The lowest BCUT2D eigenvalue weighted by Crippen LogP contribution is -2.27. The molecule has 0 atom stereocenters. The van der Waals surface area contributed by atoms with E-state index in [0.717, 1.165) is 24.0 Å². The van der Waals surface area contributed by atoms with Gasteiger partial charge in [0, 0.05) is 18.7 Å². The Kier molecular flexibility index (Phi) is 7.45. The predicted octanol–water partition coefficient (Wildman–Crippen LogP) is 4.95. The van der Waals surface area contributed by atoms with Crippen molar-refractivity contribution in [2.75, 3.05) is 20.2 Å². The molecule has 3 aromatic carbocycles. The van der Waals surface area contributed by atoms with Crippen molar-refractivity contribution in [3.63, 3.8) is 0 Å². The van der Waals surface area contributed by atoms with Gasteiger partial charge in [-0.25, -0.2) is 8.42 Å². The lowest BCUT2D eigenvalue weighted by atomic mass is 10.1. The summed E-state index contributed by atoms with van der Waals surface area (Å²) in [6.07, 6.45) is 4.93. The second-order valence-corrected chi connectivity index (χ2v) is 9.96. The van der Waals surface area contributed by atoms with Crippen molar-refractivity contribution in [1.82, 2.24) is 4.31 Å². The first-order valence-corrected chi connectivity index (χ1v) is 12.6. The maximum Gasteiger partial charge on any atom is 0.243 e. The van der Waals surface area contributed by atoms with Gasteiger partial charge in [0.2, 0.25) is 10.0 Å². The highest BCUT2D eigenvalue weighted by molar-refractivity contribution is 7.89. The lowest BCUT2D eigenvalue weighted by molar-refractivity contribution is 0.104. The monoisotopic (exact) mass is 477 g/mol. The fraction of sp³-hybridized carbons (Fsp3) is 0.222. The van der Waals surface area contributed by atoms with Gasteiger partial charge in [-0.3, -0.25) is 4.79 Å². The van der Waals surface area contributed by atoms with E-state index < -0.39 is 10.0 Å². The van der Waals surface area contributed by atoms with E-state index in [2.05, 4.69) is 0 Å². The predicted molar refractivity (Wildman–Crippen MR) is 132 cm³/mol. The number of rotatable bonds is 9. The van der Waals surface area contributed by atoms with Gasteiger partial charge in [-0.1, -0.05) is 42.5 Å². The first-order valence-electron chi connectivity index (χ1n) is 11.1. The number of allylic oxidation sites excluding steroid dienone is 1. The molecule has 4 rings (SSSR count). The van der Waals surface area contributed by atoms with Gasteiger partial charge < -0.3 is 9.47 Å². The van der Waals surface area contributed by atoms with E-state index in [1.54, 1.807) is 31.4 Å². The minimum Gasteiger partial charge on any atom is -0.493 e. The Bertz CT molecular complexity index is 1260. The number of hydrogen-bond donors (Lipinski definition) is 0. The number of methoxy groups -OCH3 is 1. The molecule has 0 saturated carbocycles. The quantitative estimate of drug-likeness (QED) is 0.322. The number of nitrogens with zero attached hydrogens (tertiary/aromatic N) is 1. The Morgan fingerprint density at radius 1 is 0.941 bits per heavy atom. The second-order valence-electron chi connectivity index (χ2n) is 8.02. The molecule has 6 nitrogen and oxygen atoms in total. The first-order chi connectivity index (χ1) is 16.5. The van der Waals surface area contributed by atoms with Gasteiger partial charge in [0.1, 0.15) is 6.61 Å². The molecule has 1 heterocycles. The van der Waals surface area contributed by atoms with Crippen LogP contribution in [0, 0.1) is 0 Å². The fourth-order valence-corrected chi connectivity index (χ4v) is 5.30. The molecule has 0 bridgehead atoms. The molecule has 0 unspecified atom stereocenters. The van der Waals surface area contributed by atoms with Gasteiger partial charge in [-0.05, 0) is 66.4 Å². The number of sulfonamides is 1. The summed E-state index contributed by atoms with van der Waals surface area (Å²) in [5.74, 6) is 0.972. The van der Waals surface area contributed by atoms with Crippen LogP contribution in [0.1, 0.15) is 34.3 Å². The highest BCUT2D eigenvalue weighted by Gasteiger charge is 2.27. The highest BCUT2D eigenvalue weighted by atomic mass is 32.2. The van der Waals surface area contributed by atoms with Crippen LogP contribution in [-0.2, 0) is 16.6 Å². The minimum atomic E-state index is -3.50. The molecule has 1 saturated heterocycles. The molecular weight excluding hydrogens is 450 g/mol. The summed E-state index contributed by atoms with van der Waals surface area (Å²) in [5, 5.41) is 0. The zero-order valence-corrected chi connectivity index (χ0v) is 19.8. The number of carbonyl (C=O) groups is 1. The first kappa shape index (κ1) is 23.7. The molecule has 34 heavy (non-hydrogen) atoms. The maximum absolute atomic E-state index is 12.7. The molecule has 0 spiro atoms. The van der Waals surface area contributed by atoms with Gasteiger partial charge in [0.05, 0.1) is 12.0 Å². The zero-order valence-electron chi connectivity index (χ0n) is 19.0. The largest absolute Gasteiger partial charge is 0.493 e. The van der Waals surface area contributed by atoms with E-state index in [-0.39, 0.29) is 10.7 Å². The van der Waals surface area contributed by atoms with Crippen molar-refractivity contribution in [1.29, 1.82) is 0 Å². The number of hydrogen-bond acceptors (Lipinski definition) is 5. The third-order valence-electron chi connectivity index (χ3n) is 5.69. The van der Waals surface area contributed by atoms with Crippen LogP contribution in [0.4, 0.5) is 0 Å². The molecule has 0 amide bonds. The molecule has 0 radical (unpaired) electrons. The van der Waals surface area contributed by atoms with Crippen molar-refractivity contribution < 1.29 is 22.7 Å². The van der Waals surface area contributed by atoms with Crippen LogP contribution in [0.2, 0.25) is 0 Å². The summed E-state index contributed by atoms with van der Waals surface area (Å²) in [6.45, 7) is 1.49. The van der Waals surface area contributed by atoms with Crippen LogP contribution in [0.3, 0.4) is 0 Å². The van der Waals surface area contributed by atoms with E-state index >= 15 is 0 Å². The van der Waals surface area contributed by atoms with E-state index in [0.29, 0.717) is 36.8 Å². The SMILES string of the molecule is COc1ccc(C=CC(=O)c2ccc(S(=O)(=O)N3CCCC3)cc2)cc1OCc1ccccc1. The van der Waals surface area contributed by atoms with Crippen molar-refractivity contribution in [2.45, 2.75) is 24.3 Å². The van der Waals surface area contributed by atoms with Gasteiger partial charge in [0.25, 0.3) is 0 Å². The fourth-order valence-electron chi connectivity index (χ4n) is 3.78. The smallest absolute Gasteiger partial charge is 0.243 e. The third kappa shape index (κ3) is 5.55. The van der Waals surface area contributed by atoms with E-state index in [1.807, 2.05) is 42.5 Å². The standard InChI is InChI=1S/C27H27NO5S/c1-32-26-16-10-21(19-27(26)33-20-22-7-3-2-4-8-22)9-15-25(29)23-11-13-24(14-12-23)34(30,31)28-17-5-6-18-28/h2-4,7-16,19H,5-6,17-18,20H2,1H3. The van der Waals surface area contributed by atoms with Crippen LogP contribution >= 0.6 is 0 Å². The average molecular weight is 478 g/mol. The number of ketones is 1. The summed E-state index contributed by atoms with van der Waals surface area (Å²) in [5.41, 5.74) is 2.24. The Morgan fingerprint density at radius 3 is 2.32 bits per heavy atom. The van der Waals surface area contributed by atoms with Crippen molar-refractivity contribution >= 4 is 21.9 Å². The molecule has 7 heteroatoms. The van der Waals surface area contributed by atoms with Crippen LogP contribution in [0.5, 0.6) is 11.5 Å². The molecular formula is C27H27NO5S. The lowest BCUT2D eigenvalue weighted by Gasteiger charge is -2.15. The van der Waals surface area contributed by atoms with E-state index in [9.17, 15) is 13.2 Å². The molecule has 0 aromatic heterocycles. The molecule has 1 aliphatic rings. The summed E-state index contributed by atoms with van der Waals surface area (Å²) in [7, 11) is -1.91. The molecule has 0 N–H and O–H groups in total. The molecule has 176 valence electrons. The summed E-state index contributed by atoms with van der Waals surface area (Å²) >= 11 is 0. The molecule has 1 aliphatic heterocycles. The van der Waals surface area contributed by atoms with Crippen LogP contribution in [-0.4, -0.2) is 38.7 Å². The third-order valence-corrected chi connectivity index (χ3v) is 7.61. The van der Waals surface area contributed by atoms with Crippen LogP contribution in [0.15, 0.2) is 83.8 Å². The summed E-state index contributed by atoms with van der Waals surface area (Å²) < 4.78 is 38.1. The Balaban J connectivity index is 1.45. The Morgan fingerprint density at radius 2 is 1.65 bits per heavy atom. The minimum absolute atomic E-state index is 0.213. The van der Waals surface area contributed by atoms with Crippen molar-refractivity contribution in [3.05, 3.63) is 95.6 Å². The molecule has 1 fully saturated rings. The second kappa shape index (κ2) is 10.7. The normalized spacial score (nSPS) is 14.4. The maximum atomic E-state index is 12.7.